The van der Waals surface area contributed by atoms with Gasteiger partial charge in [-0.2, -0.15) is 8.78 Å². The van der Waals surface area contributed by atoms with E-state index in [1.807, 2.05) is 11.9 Å². The molecule has 2 saturated heterocycles. The van der Waals surface area contributed by atoms with Gasteiger partial charge in [0.15, 0.2) is 11.6 Å². The number of nitrogens with one attached hydrogen (secondary N) is 1. The van der Waals surface area contributed by atoms with Crippen molar-refractivity contribution in [3.63, 3.8) is 0 Å². The quantitative estimate of drug-likeness (QED) is 0.391. The molecule has 3 aromatic rings. The molecule has 0 bridgehead atoms. The molecule has 228 valence electrons. The summed E-state index contributed by atoms with van der Waals surface area (Å²) in [6.07, 6.45) is 0. The largest absolute Gasteiger partial charge is 0.497 e. The zero-order valence-electron chi connectivity index (χ0n) is 23.2. The lowest BCUT2D eigenvalue weighted by Gasteiger charge is -2.33. The van der Waals surface area contributed by atoms with Gasteiger partial charge in [0.1, 0.15) is 35.0 Å². The third kappa shape index (κ3) is 6.33. The molecule has 43 heavy (non-hydrogen) atoms. The van der Waals surface area contributed by atoms with E-state index in [0.717, 1.165) is 42.3 Å². The lowest BCUT2D eigenvalue weighted by Crippen LogP contribution is -2.45. The Hall–Kier alpha value is -4.46. The van der Waals surface area contributed by atoms with Gasteiger partial charge in [0, 0.05) is 61.9 Å². The number of rotatable bonds is 8. The lowest BCUT2D eigenvalue weighted by molar-refractivity contribution is -0.118. The van der Waals surface area contributed by atoms with Crippen LogP contribution in [0.3, 0.4) is 0 Å². The summed E-state index contributed by atoms with van der Waals surface area (Å²) < 4.78 is 80.0. The van der Waals surface area contributed by atoms with E-state index in [1.54, 1.807) is 0 Å². The van der Waals surface area contributed by atoms with Gasteiger partial charge >= 0.3 is 6.61 Å². The number of hydrogen-bond donors (Lipinski definition) is 1. The first-order chi connectivity index (χ1) is 20.5. The Labute approximate surface area is 243 Å². The van der Waals surface area contributed by atoms with E-state index in [2.05, 4.69) is 19.9 Å². The number of methoxy groups -OCH3 is 1. The van der Waals surface area contributed by atoms with Gasteiger partial charge < -0.3 is 24.6 Å². The Morgan fingerprint density at radius 1 is 0.953 bits per heavy atom. The van der Waals surface area contributed by atoms with Crippen molar-refractivity contribution in [1.29, 1.82) is 0 Å². The summed E-state index contributed by atoms with van der Waals surface area (Å²) in [5, 5.41) is 2.49. The Balaban J connectivity index is 1.49. The minimum absolute atomic E-state index is 0.0383. The highest BCUT2D eigenvalue weighted by Crippen LogP contribution is 2.37. The number of ether oxygens (including phenoxy) is 2. The topological polar surface area (TPSA) is 87.2 Å². The van der Waals surface area contributed by atoms with Crippen LogP contribution in [-0.2, 0) is 4.79 Å². The number of anilines is 2. The summed E-state index contributed by atoms with van der Waals surface area (Å²) in [4.78, 5) is 36.3. The van der Waals surface area contributed by atoms with Crippen molar-refractivity contribution in [2.45, 2.75) is 18.6 Å². The second-order valence-corrected chi connectivity index (χ2v) is 10.2. The van der Waals surface area contributed by atoms with Crippen molar-refractivity contribution < 1.29 is 41.0 Å². The van der Waals surface area contributed by atoms with E-state index < -0.39 is 59.9 Å². The Morgan fingerprint density at radius 2 is 1.60 bits per heavy atom. The van der Waals surface area contributed by atoms with E-state index in [0.29, 0.717) is 18.9 Å². The Kier molecular flexibility index (Phi) is 8.67. The minimum Gasteiger partial charge on any atom is -0.497 e. The number of alkyl halides is 2. The average molecular weight is 606 g/mol. The van der Waals surface area contributed by atoms with Crippen LogP contribution in [0, 0.1) is 17.5 Å². The van der Waals surface area contributed by atoms with Crippen LogP contribution < -0.4 is 24.6 Å². The van der Waals surface area contributed by atoms with Crippen LogP contribution in [0.2, 0.25) is 0 Å². The predicted molar refractivity (Wildman–Crippen MR) is 146 cm³/mol. The summed E-state index contributed by atoms with van der Waals surface area (Å²) in [5.74, 6) is -6.06. The number of halogens is 5. The van der Waals surface area contributed by atoms with Gasteiger partial charge in [0.05, 0.1) is 7.11 Å². The monoisotopic (exact) mass is 605 g/mol. The summed E-state index contributed by atoms with van der Waals surface area (Å²) in [6, 6.07) is 7.66. The third-order valence-electron chi connectivity index (χ3n) is 7.50. The van der Waals surface area contributed by atoms with Crippen LogP contribution in [0.4, 0.5) is 33.6 Å². The molecule has 1 N–H and O–H groups in total. The third-order valence-corrected chi connectivity index (χ3v) is 7.50. The smallest absolute Gasteiger partial charge is 0.387 e. The predicted octanol–water partition coefficient (Wildman–Crippen LogP) is 3.79. The van der Waals surface area contributed by atoms with Crippen molar-refractivity contribution in [3.05, 3.63) is 77.1 Å². The van der Waals surface area contributed by atoms with Crippen molar-refractivity contribution >= 4 is 23.5 Å². The highest BCUT2D eigenvalue weighted by molar-refractivity contribution is 6.04. The van der Waals surface area contributed by atoms with Gasteiger partial charge in [0.2, 0.25) is 0 Å². The average Bonchev–Trinajstić information content (AvgIpc) is 3.28. The molecule has 0 aliphatic carbocycles. The van der Waals surface area contributed by atoms with Crippen molar-refractivity contribution in [1.82, 2.24) is 15.2 Å². The van der Waals surface area contributed by atoms with E-state index in [9.17, 15) is 18.4 Å². The maximum absolute atomic E-state index is 15.3. The first kappa shape index (κ1) is 30.0. The number of nitrogens with zero attached hydrogens (tertiary/aromatic N) is 4. The Bertz CT molecular complexity index is 1480. The van der Waals surface area contributed by atoms with E-state index in [-0.39, 0.29) is 22.9 Å². The zero-order chi connectivity index (χ0) is 30.8. The minimum atomic E-state index is -3.07. The number of aromatic nitrogens is 1. The van der Waals surface area contributed by atoms with Gasteiger partial charge in [-0.25, -0.2) is 18.2 Å². The van der Waals surface area contributed by atoms with E-state index >= 15 is 13.2 Å². The fourth-order valence-corrected chi connectivity index (χ4v) is 5.21. The van der Waals surface area contributed by atoms with Gasteiger partial charge in [-0.15, -0.1) is 0 Å². The van der Waals surface area contributed by atoms with Crippen LogP contribution in [0.15, 0.2) is 48.5 Å². The standard InChI is InChI=1S/C29H28F5N5O4/c1-37-9-11-38(12-10-37)23-8-7-20(30)26(35-23)39-15-19(24-21(31)13-18(42-2)14-22(24)32)25(28(39)41)36-27(40)16-3-5-17(6-4-16)43-29(33)34/h3-8,13-14,19,25,29H,9-12,15H2,1-2H3,(H,36,40)/t19-,25?/m0/s1. The second kappa shape index (κ2) is 12.4. The number of carbonyl (C=O) groups excluding carboxylic acids is 2. The van der Waals surface area contributed by atoms with E-state index in [1.165, 1.54) is 31.4 Å². The van der Waals surface area contributed by atoms with Crippen molar-refractivity contribution in [2.24, 2.45) is 0 Å². The molecule has 2 aliphatic rings. The van der Waals surface area contributed by atoms with Crippen LogP contribution in [-0.4, -0.2) is 81.2 Å². The molecule has 2 amide bonds. The number of piperazine rings is 1. The molecule has 1 aromatic heterocycles. The molecule has 1 unspecified atom stereocenters. The highest BCUT2D eigenvalue weighted by atomic mass is 19.3. The molecule has 2 atom stereocenters. The molecule has 0 saturated carbocycles. The number of carbonyl (C=O) groups is 2. The molecule has 2 aromatic carbocycles. The second-order valence-electron chi connectivity index (χ2n) is 10.2. The normalized spacial score (nSPS) is 19.2. The molecule has 9 nitrogen and oxygen atoms in total. The number of amides is 2. The Morgan fingerprint density at radius 3 is 2.21 bits per heavy atom. The van der Waals surface area contributed by atoms with Gasteiger partial charge in [-0.3, -0.25) is 14.5 Å². The number of hydrogen-bond acceptors (Lipinski definition) is 7. The fraction of sp³-hybridized carbons (Fsp3) is 0.345. The van der Waals surface area contributed by atoms with Gasteiger partial charge in [-0.1, -0.05) is 0 Å². The zero-order valence-corrected chi connectivity index (χ0v) is 23.2. The number of pyridine rings is 1. The SMILES string of the molecule is COc1cc(F)c([C@@H]2CN(c3nc(N4CCN(C)CC4)ccc3F)C(=O)C2NC(=O)c2ccc(OC(F)F)cc2)c(F)c1. The lowest BCUT2D eigenvalue weighted by atomic mass is 9.92. The summed E-state index contributed by atoms with van der Waals surface area (Å²) in [6.45, 7) is -0.737. The molecule has 2 aliphatic heterocycles. The molecule has 14 heteroatoms. The number of likely N-dealkylation sites (N-methyl/N-ethyl adjacent to an activating group) is 1. The van der Waals surface area contributed by atoms with Crippen LogP contribution in [0.5, 0.6) is 11.5 Å². The van der Waals surface area contributed by atoms with Crippen molar-refractivity contribution in [3.8, 4) is 11.5 Å². The van der Waals surface area contributed by atoms with Crippen molar-refractivity contribution in [2.75, 3.05) is 56.7 Å². The highest BCUT2D eigenvalue weighted by Gasteiger charge is 2.46. The summed E-state index contributed by atoms with van der Waals surface area (Å²) in [7, 11) is 3.21. The molecular formula is C29H28F5N5O4. The maximum atomic E-state index is 15.3. The maximum Gasteiger partial charge on any atom is 0.387 e. The fourth-order valence-electron chi connectivity index (χ4n) is 5.21. The van der Waals surface area contributed by atoms with Crippen LogP contribution >= 0.6 is 0 Å². The molecule has 5 rings (SSSR count). The molecule has 0 spiro atoms. The molecule has 2 fully saturated rings. The number of benzene rings is 2. The molecule has 0 radical (unpaired) electrons. The molecule has 3 heterocycles. The van der Waals surface area contributed by atoms with Crippen LogP contribution in [0.1, 0.15) is 21.8 Å². The summed E-state index contributed by atoms with van der Waals surface area (Å²) in [5.41, 5.74) is -0.540. The van der Waals surface area contributed by atoms with Crippen LogP contribution in [0.25, 0.3) is 0 Å². The van der Waals surface area contributed by atoms with Gasteiger partial charge in [-0.05, 0) is 43.4 Å². The first-order valence-electron chi connectivity index (χ1n) is 13.4. The molecular weight excluding hydrogens is 577 g/mol. The van der Waals surface area contributed by atoms with E-state index in [4.69, 9.17) is 4.74 Å². The summed E-state index contributed by atoms with van der Waals surface area (Å²) >= 11 is 0. The first-order valence-corrected chi connectivity index (χ1v) is 13.4. The van der Waals surface area contributed by atoms with Gasteiger partial charge in [0.25, 0.3) is 11.8 Å².